The van der Waals surface area contributed by atoms with Crippen molar-refractivity contribution in [3.05, 3.63) is 34.9 Å². The van der Waals surface area contributed by atoms with E-state index in [-0.39, 0.29) is 5.91 Å². The lowest BCUT2D eigenvalue weighted by molar-refractivity contribution is 0.102. The molecule has 1 heterocycles. The zero-order valence-corrected chi connectivity index (χ0v) is 11.0. The molecule has 1 aromatic carbocycles. The van der Waals surface area contributed by atoms with Crippen molar-refractivity contribution in [2.45, 2.75) is 6.92 Å². The Morgan fingerprint density at radius 2 is 2.37 bits per heavy atom. The molecule has 0 bridgehead atoms. The summed E-state index contributed by atoms with van der Waals surface area (Å²) in [5.74, 6) is 5.48. The molecule has 96 valence electrons. The van der Waals surface area contributed by atoms with E-state index in [4.69, 9.17) is 5.73 Å². The Morgan fingerprint density at radius 3 is 3.00 bits per heavy atom. The number of nitrogens with zero attached hydrogens (tertiary/aromatic N) is 3. The van der Waals surface area contributed by atoms with Crippen LogP contribution in [0.2, 0.25) is 0 Å². The number of nitrogens with two attached hydrogens (primary N) is 1. The van der Waals surface area contributed by atoms with Gasteiger partial charge in [0.05, 0.1) is 6.54 Å². The molecular weight excluding hydrogens is 262 g/mol. The van der Waals surface area contributed by atoms with Gasteiger partial charge in [-0.25, -0.2) is 0 Å². The van der Waals surface area contributed by atoms with Gasteiger partial charge in [-0.3, -0.25) is 10.1 Å². The van der Waals surface area contributed by atoms with Gasteiger partial charge in [0, 0.05) is 22.7 Å². The Kier molecular flexibility index (Phi) is 4.18. The van der Waals surface area contributed by atoms with Gasteiger partial charge in [-0.05, 0) is 35.9 Å². The molecule has 0 saturated heterocycles. The summed E-state index contributed by atoms with van der Waals surface area (Å²) in [7, 11) is 0. The Hall–Kier alpha value is -2.30. The molecule has 2 aromatic rings. The number of hydrogen-bond acceptors (Lipinski definition) is 6. The van der Waals surface area contributed by atoms with E-state index in [0.29, 0.717) is 17.2 Å². The standard InChI is InChI=1S/C12H11N5OS/c1-8-7-10(5-4-9(8)3-2-6-13)11(18)14-12-15-16-17-19-12/h4-5,7H,6,13H2,1H3,(H,14,15,17,18). The number of aryl methyl sites for hydroxylation is 1. The van der Waals surface area contributed by atoms with Crippen LogP contribution >= 0.6 is 11.5 Å². The lowest BCUT2D eigenvalue weighted by atomic mass is 10.1. The smallest absolute Gasteiger partial charge is 0.257 e. The minimum absolute atomic E-state index is 0.250. The fourth-order valence-corrected chi connectivity index (χ4v) is 1.80. The van der Waals surface area contributed by atoms with E-state index in [1.807, 2.05) is 6.92 Å². The van der Waals surface area contributed by atoms with Crippen LogP contribution in [0.5, 0.6) is 0 Å². The Bertz CT molecular complexity index is 642. The maximum absolute atomic E-state index is 11.9. The highest BCUT2D eigenvalue weighted by atomic mass is 32.1. The number of rotatable bonds is 2. The molecule has 0 aliphatic rings. The minimum atomic E-state index is -0.250. The highest BCUT2D eigenvalue weighted by molar-refractivity contribution is 7.09. The van der Waals surface area contributed by atoms with Crippen LogP contribution in [0.1, 0.15) is 21.5 Å². The second-order valence-electron chi connectivity index (χ2n) is 3.66. The van der Waals surface area contributed by atoms with Crippen LogP contribution in [-0.2, 0) is 0 Å². The number of carbonyl (C=O) groups excluding carboxylic acids is 1. The van der Waals surface area contributed by atoms with Gasteiger partial charge >= 0.3 is 0 Å². The number of aromatic nitrogens is 3. The van der Waals surface area contributed by atoms with Crippen LogP contribution in [0, 0.1) is 18.8 Å². The lowest BCUT2D eigenvalue weighted by Gasteiger charge is -2.03. The maximum Gasteiger partial charge on any atom is 0.257 e. The number of carbonyl (C=O) groups is 1. The van der Waals surface area contributed by atoms with Gasteiger partial charge in [-0.2, -0.15) is 0 Å². The second-order valence-corrected chi connectivity index (χ2v) is 4.39. The highest BCUT2D eigenvalue weighted by Gasteiger charge is 2.09. The van der Waals surface area contributed by atoms with Gasteiger partial charge < -0.3 is 5.73 Å². The topological polar surface area (TPSA) is 93.8 Å². The van der Waals surface area contributed by atoms with E-state index in [9.17, 15) is 4.79 Å². The molecule has 6 nitrogen and oxygen atoms in total. The van der Waals surface area contributed by atoms with Crippen molar-refractivity contribution < 1.29 is 4.79 Å². The summed E-state index contributed by atoms with van der Waals surface area (Å²) < 4.78 is 3.57. The molecule has 2 rings (SSSR count). The number of hydrogen-bond donors (Lipinski definition) is 2. The Morgan fingerprint density at radius 1 is 1.53 bits per heavy atom. The molecule has 0 radical (unpaired) electrons. The zero-order chi connectivity index (χ0) is 13.7. The number of amides is 1. The predicted molar refractivity (Wildman–Crippen MR) is 72.8 cm³/mol. The predicted octanol–water partition coefficient (Wildman–Crippen LogP) is 0.804. The first-order valence-electron chi connectivity index (χ1n) is 5.46. The van der Waals surface area contributed by atoms with Gasteiger partial charge in [0.25, 0.3) is 5.91 Å². The van der Waals surface area contributed by atoms with E-state index in [1.165, 1.54) is 0 Å². The Labute approximate surface area is 114 Å². The van der Waals surface area contributed by atoms with Crippen molar-refractivity contribution in [1.29, 1.82) is 0 Å². The van der Waals surface area contributed by atoms with Crippen molar-refractivity contribution in [2.24, 2.45) is 5.73 Å². The summed E-state index contributed by atoms with van der Waals surface area (Å²) in [5, 5.41) is 10.0. The van der Waals surface area contributed by atoms with Crippen LogP contribution in [0.25, 0.3) is 0 Å². The molecule has 7 heteroatoms. The van der Waals surface area contributed by atoms with Gasteiger partial charge in [0.15, 0.2) is 0 Å². The first-order chi connectivity index (χ1) is 9.20. The molecule has 0 saturated carbocycles. The fraction of sp³-hybridized carbons (Fsp3) is 0.167. The number of nitrogens with one attached hydrogen (secondary N) is 1. The van der Waals surface area contributed by atoms with E-state index in [1.54, 1.807) is 18.2 Å². The minimum Gasteiger partial charge on any atom is -0.320 e. The second kappa shape index (κ2) is 6.04. The van der Waals surface area contributed by atoms with Crippen LogP contribution in [-0.4, -0.2) is 27.3 Å². The quantitative estimate of drug-likeness (QED) is 0.789. The molecule has 3 N–H and O–H groups in total. The van der Waals surface area contributed by atoms with Crippen molar-refractivity contribution >= 4 is 22.6 Å². The largest absolute Gasteiger partial charge is 0.320 e. The molecule has 19 heavy (non-hydrogen) atoms. The number of anilines is 1. The third-order valence-electron chi connectivity index (χ3n) is 2.33. The highest BCUT2D eigenvalue weighted by Crippen LogP contribution is 2.13. The summed E-state index contributed by atoms with van der Waals surface area (Å²) in [6.45, 7) is 2.20. The van der Waals surface area contributed by atoms with Crippen molar-refractivity contribution in [3.8, 4) is 11.8 Å². The summed E-state index contributed by atoms with van der Waals surface area (Å²) >= 11 is 1.02. The normalized spacial score (nSPS) is 9.58. The molecule has 0 spiro atoms. The molecule has 0 unspecified atom stereocenters. The van der Waals surface area contributed by atoms with Crippen molar-refractivity contribution in [2.75, 3.05) is 11.9 Å². The summed E-state index contributed by atoms with van der Waals surface area (Å²) in [6, 6.07) is 5.27. The summed E-state index contributed by atoms with van der Waals surface area (Å²) in [5.41, 5.74) is 7.64. The number of benzene rings is 1. The molecule has 0 atom stereocenters. The first-order valence-corrected chi connectivity index (χ1v) is 6.24. The average Bonchev–Trinajstić information content (AvgIpc) is 2.90. The third kappa shape index (κ3) is 3.34. The lowest BCUT2D eigenvalue weighted by Crippen LogP contribution is -2.12. The molecule has 0 fully saturated rings. The van der Waals surface area contributed by atoms with Gasteiger partial charge in [-0.1, -0.05) is 21.4 Å². The molecular formula is C12H11N5OS. The van der Waals surface area contributed by atoms with E-state index >= 15 is 0 Å². The van der Waals surface area contributed by atoms with Crippen molar-refractivity contribution in [1.82, 2.24) is 14.8 Å². The molecule has 1 aromatic heterocycles. The molecule has 1 amide bonds. The SMILES string of the molecule is Cc1cc(C(=O)Nc2nnns2)ccc1C#CCN. The van der Waals surface area contributed by atoms with Crippen LogP contribution in [0.4, 0.5) is 5.13 Å². The van der Waals surface area contributed by atoms with Crippen LogP contribution in [0.3, 0.4) is 0 Å². The van der Waals surface area contributed by atoms with Crippen LogP contribution in [0.15, 0.2) is 18.2 Å². The maximum atomic E-state index is 11.9. The summed E-state index contributed by atoms with van der Waals surface area (Å²) in [6.07, 6.45) is 0. The molecule has 0 aliphatic carbocycles. The van der Waals surface area contributed by atoms with Crippen LogP contribution < -0.4 is 11.1 Å². The summed E-state index contributed by atoms with van der Waals surface area (Å²) in [4.78, 5) is 11.9. The van der Waals surface area contributed by atoms with E-state index < -0.39 is 0 Å². The van der Waals surface area contributed by atoms with E-state index in [2.05, 4.69) is 32.0 Å². The Balaban J connectivity index is 2.17. The first kappa shape index (κ1) is 13.1. The van der Waals surface area contributed by atoms with Crippen molar-refractivity contribution in [3.63, 3.8) is 0 Å². The third-order valence-corrected chi connectivity index (χ3v) is 2.84. The fourth-order valence-electron chi connectivity index (χ4n) is 1.44. The van der Waals surface area contributed by atoms with Gasteiger partial charge in [0.1, 0.15) is 0 Å². The zero-order valence-electron chi connectivity index (χ0n) is 10.2. The monoisotopic (exact) mass is 273 g/mol. The van der Waals surface area contributed by atoms with Gasteiger partial charge in [-0.15, -0.1) is 0 Å². The van der Waals surface area contributed by atoms with E-state index in [0.717, 1.165) is 22.7 Å². The van der Waals surface area contributed by atoms with Gasteiger partial charge in [0.2, 0.25) is 5.13 Å². The molecule has 0 aliphatic heterocycles. The average molecular weight is 273 g/mol.